The first-order valence-electron chi connectivity index (χ1n) is 10.3. The third kappa shape index (κ3) is 7.36. The Hall–Kier alpha value is -2.28. The molecule has 0 aliphatic carbocycles. The number of pyridine rings is 1. The summed E-state index contributed by atoms with van der Waals surface area (Å²) in [5, 5.41) is 0.522. The van der Waals surface area contributed by atoms with Gasteiger partial charge in [-0.25, -0.2) is 14.3 Å². The first kappa shape index (κ1) is 26.3. The van der Waals surface area contributed by atoms with Crippen LogP contribution in [0.25, 0.3) is 11.0 Å². The lowest BCUT2D eigenvalue weighted by Crippen LogP contribution is -2.19. The number of carbonyl (C=O) groups excluding carboxylic acids is 1. The van der Waals surface area contributed by atoms with E-state index in [1.54, 1.807) is 18.0 Å². The molecule has 2 heterocycles. The average molecular weight is 516 g/mol. The smallest absolute Gasteiger partial charge is 0.420 e. The Morgan fingerprint density at radius 3 is 2.62 bits per heavy atom. The predicted molar refractivity (Wildman–Crippen MR) is 124 cm³/mol. The van der Waals surface area contributed by atoms with Crippen LogP contribution in [0.2, 0.25) is 0 Å². The number of hydrogen-bond donors (Lipinski definition) is 0. The highest BCUT2D eigenvalue weighted by molar-refractivity contribution is 7.99. The van der Waals surface area contributed by atoms with Crippen molar-refractivity contribution < 1.29 is 32.2 Å². The Balaban J connectivity index is 1.53. The Labute approximate surface area is 203 Å². The number of benzene rings is 1. The number of fused-ring (bicyclic) bond motifs is 1. The Morgan fingerprint density at radius 2 is 1.85 bits per heavy atom. The summed E-state index contributed by atoms with van der Waals surface area (Å²) >= 11 is 2.97. The van der Waals surface area contributed by atoms with E-state index < -0.39 is 18.9 Å². The lowest BCUT2D eigenvalue weighted by Gasteiger charge is -2.11. The van der Waals surface area contributed by atoms with Crippen molar-refractivity contribution >= 4 is 40.7 Å². The first-order chi connectivity index (χ1) is 16.3. The second-order valence-corrected chi connectivity index (χ2v) is 9.07. The van der Waals surface area contributed by atoms with Crippen LogP contribution in [0.1, 0.15) is 11.3 Å². The number of thioether (sulfide) groups is 2. The monoisotopic (exact) mass is 515 g/mol. The maximum absolute atomic E-state index is 12.3. The van der Waals surface area contributed by atoms with Crippen LogP contribution in [0, 0.1) is 6.92 Å². The molecule has 0 saturated heterocycles. The molecule has 1 aromatic carbocycles. The molecule has 0 saturated carbocycles. The number of rotatable bonds is 11. The number of para-hydroxylation sites is 2. The van der Waals surface area contributed by atoms with E-state index in [2.05, 4.69) is 14.7 Å². The topological polar surface area (TPSA) is 75.5 Å². The van der Waals surface area contributed by atoms with Crippen molar-refractivity contribution in [2.45, 2.75) is 28.9 Å². The van der Waals surface area contributed by atoms with Gasteiger partial charge >= 0.3 is 12.3 Å². The van der Waals surface area contributed by atoms with E-state index in [1.165, 1.54) is 23.4 Å². The summed E-state index contributed by atoms with van der Waals surface area (Å²) in [7, 11) is 1.33. The second-order valence-electron chi connectivity index (χ2n) is 6.99. The summed E-state index contributed by atoms with van der Waals surface area (Å²) in [5.74, 6) is 1.14. The van der Waals surface area contributed by atoms with Crippen molar-refractivity contribution in [1.82, 2.24) is 14.5 Å². The number of ether oxygens (including phenoxy) is 3. The Kier molecular flexibility index (Phi) is 9.63. The number of carbonyl (C=O) groups is 1. The van der Waals surface area contributed by atoms with Crippen molar-refractivity contribution in [2.75, 3.05) is 39.3 Å². The maximum atomic E-state index is 12.3. The van der Waals surface area contributed by atoms with Crippen LogP contribution in [0.3, 0.4) is 0 Å². The maximum Gasteiger partial charge on any atom is 0.420 e. The zero-order valence-electron chi connectivity index (χ0n) is 18.6. The van der Waals surface area contributed by atoms with Crippen LogP contribution in [0.4, 0.5) is 18.0 Å². The van der Waals surface area contributed by atoms with Gasteiger partial charge in [-0.2, -0.15) is 13.2 Å². The molecule has 0 aliphatic rings. The lowest BCUT2D eigenvalue weighted by atomic mass is 10.2. The number of hydrogen-bond acceptors (Lipinski definition) is 8. The van der Waals surface area contributed by atoms with Crippen LogP contribution < -0.4 is 0 Å². The van der Waals surface area contributed by atoms with E-state index in [-0.39, 0.29) is 13.2 Å². The first-order valence-corrected chi connectivity index (χ1v) is 12.3. The third-order valence-corrected chi connectivity index (χ3v) is 6.68. The SMILES string of the molecule is COC(=O)n1c(SCc2nccc(SCCOCCOCC(F)(F)F)c2C)nc2ccccc21. The van der Waals surface area contributed by atoms with Gasteiger partial charge in [-0.05, 0) is 30.7 Å². The van der Waals surface area contributed by atoms with Crippen LogP contribution in [-0.2, 0) is 20.0 Å². The van der Waals surface area contributed by atoms with Crippen molar-refractivity contribution in [3.05, 3.63) is 47.8 Å². The summed E-state index contributed by atoms with van der Waals surface area (Å²) in [6.45, 7) is 1.10. The molecular formula is C22H24F3N3O4S2. The summed E-state index contributed by atoms with van der Waals surface area (Å²) < 4.78 is 52.3. The van der Waals surface area contributed by atoms with E-state index in [0.717, 1.165) is 16.2 Å². The number of nitrogens with zero attached hydrogens (tertiary/aromatic N) is 3. The molecular weight excluding hydrogens is 491 g/mol. The summed E-state index contributed by atoms with van der Waals surface area (Å²) in [5.41, 5.74) is 3.25. The van der Waals surface area contributed by atoms with Gasteiger partial charge in [0.25, 0.3) is 0 Å². The molecule has 0 fully saturated rings. The van der Waals surface area contributed by atoms with Gasteiger partial charge in [0.05, 0.1) is 43.7 Å². The van der Waals surface area contributed by atoms with Gasteiger partial charge in [0, 0.05) is 22.6 Å². The number of alkyl halides is 3. The Morgan fingerprint density at radius 1 is 1.09 bits per heavy atom. The van der Waals surface area contributed by atoms with Crippen LogP contribution in [-0.4, -0.2) is 66.1 Å². The van der Waals surface area contributed by atoms with Gasteiger partial charge in [0.15, 0.2) is 5.16 Å². The minimum absolute atomic E-state index is 0.101. The third-order valence-electron chi connectivity index (χ3n) is 4.61. The minimum Gasteiger partial charge on any atom is -0.452 e. The van der Waals surface area contributed by atoms with Gasteiger partial charge in [-0.15, -0.1) is 11.8 Å². The van der Waals surface area contributed by atoms with Crippen molar-refractivity contribution in [3.8, 4) is 0 Å². The van der Waals surface area contributed by atoms with Gasteiger partial charge < -0.3 is 14.2 Å². The normalized spacial score (nSPS) is 11.8. The number of aromatic nitrogens is 3. The van der Waals surface area contributed by atoms with Gasteiger partial charge in [0.2, 0.25) is 0 Å². The molecule has 0 spiro atoms. The predicted octanol–water partition coefficient (Wildman–Crippen LogP) is 5.33. The van der Waals surface area contributed by atoms with Crippen molar-refractivity contribution in [3.63, 3.8) is 0 Å². The zero-order chi connectivity index (χ0) is 24.6. The highest BCUT2D eigenvalue weighted by Gasteiger charge is 2.27. The molecule has 12 heteroatoms. The van der Waals surface area contributed by atoms with Crippen LogP contribution in [0.5, 0.6) is 0 Å². The molecule has 2 aromatic heterocycles. The summed E-state index contributed by atoms with van der Waals surface area (Å²) in [4.78, 5) is 22.4. The average Bonchev–Trinajstić information content (AvgIpc) is 3.18. The quantitative estimate of drug-likeness (QED) is 0.250. The fourth-order valence-corrected chi connectivity index (χ4v) is 4.91. The van der Waals surface area contributed by atoms with E-state index in [4.69, 9.17) is 9.47 Å². The van der Waals surface area contributed by atoms with Gasteiger partial charge in [0.1, 0.15) is 6.61 Å². The van der Waals surface area contributed by atoms with E-state index in [0.29, 0.717) is 34.3 Å². The fourth-order valence-electron chi connectivity index (χ4n) is 2.98. The van der Waals surface area contributed by atoms with E-state index in [1.807, 2.05) is 37.3 Å². The molecule has 0 unspecified atom stereocenters. The largest absolute Gasteiger partial charge is 0.452 e. The molecule has 7 nitrogen and oxygen atoms in total. The molecule has 0 amide bonds. The highest BCUT2D eigenvalue weighted by atomic mass is 32.2. The number of halogens is 3. The molecule has 0 N–H and O–H groups in total. The molecule has 184 valence electrons. The Bertz CT molecular complexity index is 1110. The zero-order valence-corrected chi connectivity index (χ0v) is 20.3. The second kappa shape index (κ2) is 12.4. The fraction of sp³-hybridized carbons (Fsp3) is 0.409. The number of methoxy groups -OCH3 is 1. The standard InChI is InChI=1S/C22H24F3N3O4S2/c1-15-17(13-34-20-27-16-5-3-4-6-18(16)28(20)21(29)30-2)26-8-7-19(15)33-12-11-31-9-10-32-14-22(23,24)25/h3-8H,9-14H2,1-2H3. The van der Waals surface area contributed by atoms with E-state index >= 15 is 0 Å². The lowest BCUT2D eigenvalue weighted by molar-refractivity contribution is -0.176. The van der Waals surface area contributed by atoms with Gasteiger partial charge in [-0.3, -0.25) is 4.98 Å². The van der Waals surface area contributed by atoms with Crippen molar-refractivity contribution in [2.24, 2.45) is 0 Å². The van der Waals surface area contributed by atoms with Crippen molar-refractivity contribution in [1.29, 1.82) is 0 Å². The van der Waals surface area contributed by atoms with Crippen LogP contribution in [0.15, 0.2) is 46.6 Å². The minimum atomic E-state index is -4.32. The van der Waals surface area contributed by atoms with E-state index in [9.17, 15) is 18.0 Å². The van der Waals surface area contributed by atoms with Gasteiger partial charge in [-0.1, -0.05) is 23.9 Å². The van der Waals surface area contributed by atoms with Crippen LogP contribution >= 0.6 is 23.5 Å². The summed E-state index contributed by atoms with van der Waals surface area (Å²) in [6.07, 6.45) is -3.11. The number of imidazole rings is 1. The highest BCUT2D eigenvalue weighted by Crippen LogP contribution is 2.30. The molecule has 3 aromatic rings. The molecule has 0 radical (unpaired) electrons. The molecule has 0 atom stereocenters. The summed E-state index contributed by atoms with van der Waals surface area (Å²) in [6, 6.07) is 9.25. The molecule has 0 bridgehead atoms. The molecule has 0 aliphatic heterocycles. The molecule has 34 heavy (non-hydrogen) atoms. The molecule has 3 rings (SSSR count).